The van der Waals surface area contributed by atoms with Crippen molar-refractivity contribution in [2.24, 2.45) is 10.4 Å². The molecule has 1 aromatic carbocycles. The first-order valence-corrected chi connectivity index (χ1v) is 10.7. The second-order valence-corrected chi connectivity index (χ2v) is 9.40. The van der Waals surface area contributed by atoms with Crippen molar-refractivity contribution >= 4 is 39.8 Å². The van der Waals surface area contributed by atoms with Crippen molar-refractivity contribution in [2.75, 3.05) is 39.6 Å². The number of sulfone groups is 1. The van der Waals surface area contributed by atoms with Gasteiger partial charge in [0.1, 0.15) is 0 Å². The zero-order chi connectivity index (χ0) is 17.9. The molecule has 1 atom stereocenters. The minimum atomic E-state index is -2.99. The summed E-state index contributed by atoms with van der Waals surface area (Å²) in [4.78, 5) is 6.73. The zero-order valence-electron chi connectivity index (χ0n) is 15.4. The third-order valence-electron chi connectivity index (χ3n) is 5.04. The van der Waals surface area contributed by atoms with Crippen LogP contribution in [0, 0.1) is 5.41 Å². The number of guanidine groups is 1. The highest BCUT2D eigenvalue weighted by atomic mass is 127. The van der Waals surface area contributed by atoms with Crippen LogP contribution >= 0.6 is 24.0 Å². The van der Waals surface area contributed by atoms with Gasteiger partial charge in [0.2, 0.25) is 0 Å². The summed E-state index contributed by atoms with van der Waals surface area (Å²) in [5.41, 5.74) is 2.24. The lowest BCUT2D eigenvalue weighted by molar-refractivity contribution is 0.156. The second-order valence-electron chi connectivity index (χ2n) is 7.26. The van der Waals surface area contributed by atoms with E-state index in [2.05, 4.69) is 15.2 Å². The maximum atomic E-state index is 11.4. The molecule has 0 bridgehead atoms. The van der Waals surface area contributed by atoms with Gasteiger partial charge < -0.3 is 15.0 Å². The second kappa shape index (κ2) is 8.88. The molecule has 2 saturated heterocycles. The molecule has 3 rings (SSSR count). The molecular weight excluding hydrogens is 465 g/mol. The van der Waals surface area contributed by atoms with E-state index in [4.69, 9.17) is 4.74 Å². The molecule has 1 spiro atoms. The van der Waals surface area contributed by atoms with Crippen LogP contribution in [-0.2, 0) is 26.9 Å². The maximum Gasteiger partial charge on any atom is 0.193 e. The van der Waals surface area contributed by atoms with Crippen LogP contribution in [0.5, 0.6) is 0 Å². The van der Waals surface area contributed by atoms with Crippen molar-refractivity contribution in [1.29, 1.82) is 0 Å². The fraction of sp³-hybridized carbons (Fsp3) is 0.611. The SMILES string of the molecule is CN=C(NCc1ccc(CS(C)(=O)=O)cc1)N1CCC2(CCOC2)C1.I. The van der Waals surface area contributed by atoms with Crippen LogP contribution in [0.1, 0.15) is 24.0 Å². The molecule has 0 aliphatic carbocycles. The minimum Gasteiger partial charge on any atom is -0.381 e. The topological polar surface area (TPSA) is 71.0 Å². The predicted octanol–water partition coefficient (Wildman–Crippen LogP) is 2.04. The first-order valence-electron chi connectivity index (χ1n) is 8.68. The number of aliphatic imine (C=N–C) groups is 1. The summed E-state index contributed by atoms with van der Waals surface area (Å²) in [5, 5.41) is 3.42. The van der Waals surface area contributed by atoms with Gasteiger partial charge in [-0.2, -0.15) is 0 Å². The Balaban J connectivity index is 0.00000243. The summed E-state index contributed by atoms with van der Waals surface area (Å²) >= 11 is 0. The quantitative estimate of drug-likeness (QED) is 0.395. The maximum absolute atomic E-state index is 11.4. The zero-order valence-corrected chi connectivity index (χ0v) is 18.5. The van der Waals surface area contributed by atoms with E-state index in [9.17, 15) is 8.42 Å². The summed E-state index contributed by atoms with van der Waals surface area (Å²) in [7, 11) is -1.18. The molecule has 1 aromatic rings. The van der Waals surface area contributed by atoms with E-state index in [1.54, 1.807) is 0 Å². The summed E-state index contributed by atoms with van der Waals surface area (Å²) in [5.74, 6) is 1.00. The highest BCUT2D eigenvalue weighted by Gasteiger charge is 2.42. The van der Waals surface area contributed by atoms with Crippen molar-refractivity contribution in [2.45, 2.75) is 25.1 Å². The van der Waals surface area contributed by atoms with Gasteiger partial charge in [0.15, 0.2) is 15.8 Å². The standard InChI is InChI=1S/C18H27N3O3S.HI/c1-19-17(21-9-7-18(13-21)8-10-24-14-18)20-11-15-3-5-16(6-4-15)12-25(2,22)23;/h3-6H,7-14H2,1-2H3,(H,19,20);1H. The Morgan fingerprint density at radius 3 is 2.54 bits per heavy atom. The molecule has 2 aliphatic heterocycles. The lowest BCUT2D eigenvalue weighted by Crippen LogP contribution is -2.41. The highest BCUT2D eigenvalue weighted by molar-refractivity contribution is 14.0. The lowest BCUT2D eigenvalue weighted by Gasteiger charge is -2.25. The number of hydrogen-bond acceptors (Lipinski definition) is 4. The van der Waals surface area contributed by atoms with Crippen LogP contribution in [0.4, 0.5) is 0 Å². The van der Waals surface area contributed by atoms with Gasteiger partial charge in [-0.05, 0) is 24.0 Å². The number of rotatable bonds is 4. The van der Waals surface area contributed by atoms with Crippen LogP contribution in [0.15, 0.2) is 29.3 Å². The largest absolute Gasteiger partial charge is 0.381 e. The number of likely N-dealkylation sites (tertiary alicyclic amines) is 1. The van der Waals surface area contributed by atoms with E-state index in [1.165, 1.54) is 6.26 Å². The normalized spacial score (nSPS) is 23.3. The number of nitrogens with one attached hydrogen (secondary N) is 1. The van der Waals surface area contributed by atoms with Crippen LogP contribution < -0.4 is 5.32 Å². The van der Waals surface area contributed by atoms with Gasteiger partial charge in [0.25, 0.3) is 0 Å². The van der Waals surface area contributed by atoms with E-state index in [0.717, 1.165) is 56.2 Å². The van der Waals surface area contributed by atoms with Gasteiger partial charge in [-0.15, -0.1) is 24.0 Å². The van der Waals surface area contributed by atoms with Gasteiger partial charge in [0, 0.05) is 45.0 Å². The third-order valence-corrected chi connectivity index (χ3v) is 5.89. The first-order chi connectivity index (χ1) is 11.9. The van der Waals surface area contributed by atoms with E-state index in [1.807, 2.05) is 31.3 Å². The Hall–Kier alpha value is -0.870. The van der Waals surface area contributed by atoms with E-state index in [0.29, 0.717) is 12.0 Å². The molecule has 2 aliphatic rings. The Morgan fingerprint density at radius 2 is 1.96 bits per heavy atom. The van der Waals surface area contributed by atoms with E-state index >= 15 is 0 Å². The van der Waals surface area contributed by atoms with Crippen LogP contribution in [0.2, 0.25) is 0 Å². The molecule has 1 unspecified atom stereocenters. The molecule has 0 saturated carbocycles. The summed E-state index contributed by atoms with van der Waals surface area (Å²) < 4.78 is 28.3. The minimum absolute atomic E-state index is 0. The van der Waals surface area contributed by atoms with Gasteiger partial charge in [-0.1, -0.05) is 24.3 Å². The average molecular weight is 493 g/mol. The van der Waals surface area contributed by atoms with Gasteiger partial charge in [-0.25, -0.2) is 8.42 Å². The molecule has 6 nitrogen and oxygen atoms in total. The smallest absolute Gasteiger partial charge is 0.193 e. The highest BCUT2D eigenvalue weighted by Crippen LogP contribution is 2.38. The molecule has 0 amide bonds. The van der Waals surface area contributed by atoms with Crippen molar-refractivity contribution in [3.05, 3.63) is 35.4 Å². The molecule has 1 N–H and O–H groups in total. The van der Waals surface area contributed by atoms with Crippen molar-refractivity contribution in [3.8, 4) is 0 Å². The fourth-order valence-electron chi connectivity index (χ4n) is 3.66. The Morgan fingerprint density at radius 1 is 1.27 bits per heavy atom. The van der Waals surface area contributed by atoms with Crippen LogP contribution in [0.25, 0.3) is 0 Å². The van der Waals surface area contributed by atoms with Crippen LogP contribution in [0.3, 0.4) is 0 Å². The fourth-order valence-corrected chi connectivity index (χ4v) is 4.45. The van der Waals surface area contributed by atoms with Crippen molar-refractivity contribution in [1.82, 2.24) is 10.2 Å². The number of benzene rings is 1. The molecule has 26 heavy (non-hydrogen) atoms. The molecule has 2 fully saturated rings. The third kappa shape index (κ3) is 5.56. The van der Waals surface area contributed by atoms with Gasteiger partial charge in [0.05, 0.1) is 12.4 Å². The summed E-state index contributed by atoms with van der Waals surface area (Å²) in [6.07, 6.45) is 3.56. The first kappa shape index (κ1) is 21.4. The number of halogens is 1. The average Bonchev–Trinajstić information content (AvgIpc) is 3.19. The van der Waals surface area contributed by atoms with E-state index < -0.39 is 9.84 Å². The molecule has 8 heteroatoms. The summed E-state index contributed by atoms with van der Waals surface area (Å²) in [6, 6.07) is 7.69. The molecular formula is C18H28IN3O3S. The number of ether oxygens (including phenoxy) is 1. The molecule has 0 radical (unpaired) electrons. The summed E-state index contributed by atoms with van der Waals surface area (Å²) in [6.45, 7) is 4.42. The molecule has 2 heterocycles. The number of nitrogens with zero attached hydrogens (tertiary/aromatic N) is 2. The lowest BCUT2D eigenvalue weighted by atomic mass is 9.87. The van der Waals surface area contributed by atoms with E-state index in [-0.39, 0.29) is 29.7 Å². The predicted molar refractivity (Wildman–Crippen MR) is 115 cm³/mol. The molecule has 0 aromatic heterocycles. The monoisotopic (exact) mass is 493 g/mol. The van der Waals surface area contributed by atoms with Gasteiger partial charge >= 0.3 is 0 Å². The molecule has 146 valence electrons. The number of hydrogen-bond donors (Lipinski definition) is 1. The van der Waals surface area contributed by atoms with Crippen LogP contribution in [-0.4, -0.2) is 58.9 Å². The Bertz CT molecular complexity index is 729. The van der Waals surface area contributed by atoms with Crippen molar-refractivity contribution < 1.29 is 13.2 Å². The van der Waals surface area contributed by atoms with Gasteiger partial charge in [-0.3, -0.25) is 4.99 Å². The Kier molecular flexibility index (Phi) is 7.32. The van der Waals surface area contributed by atoms with Crippen molar-refractivity contribution in [3.63, 3.8) is 0 Å². The Labute approximate surface area is 173 Å².